The third-order valence-electron chi connectivity index (χ3n) is 3.58. The van der Waals surface area contributed by atoms with Crippen LogP contribution in [0.3, 0.4) is 0 Å². The summed E-state index contributed by atoms with van der Waals surface area (Å²) in [7, 11) is 1.65. The summed E-state index contributed by atoms with van der Waals surface area (Å²) < 4.78 is 8.87. The summed E-state index contributed by atoms with van der Waals surface area (Å²) in [5.74, 6) is 0.771. The lowest BCUT2D eigenvalue weighted by Gasteiger charge is -2.07. The van der Waals surface area contributed by atoms with Crippen LogP contribution in [-0.4, -0.2) is 22.9 Å². The van der Waals surface area contributed by atoms with Crippen molar-refractivity contribution < 1.29 is 4.74 Å². The van der Waals surface area contributed by atoms with Crippen LogP contribution in [0.1, 0.15) is 12.8 Å². The highest BCUT2D eigenvalue weighted by atomic mass is 16.5. The molecule has 18 heavy (non-hydrogen) atoms. The minimum atomic E-state index is 0.0928. The van der Waals surface area contributed by atoms with E-state index in [0.29, 0.717) is 13.2 Å². The Labute approximate surface area is 106 Å². The number of nitrogens with zero attached hydrogens (tertiary/aromatic N) is 2. The first-order valence-corrected chi connectivity index (χ1v) is 6.47. The van der Waals surface area contributed by atoms with Crippen molar-refractivity contribution in [1.29, 1.82) is 0 Å². The molecule has 0 atom stereocenters. The van der Waals surface area contributed by atoms with Crippen molar-refractivity contribution in [2.75, 3.05) is 13.7 Å². The predicted molar refractivity (Wildman–Crippen MR) is 70.8 cm³/mol. The molecular formula is C14H18N2O2. The summed E-state index contributed by atoms with van der Waals surface area (Å²) in [5.41, 5.74) is 0.927. The van der Waals surface area contributed by atoms with Crippen LogP contribution in [0.4, 0.5) is 0 Å². The monoisotopic (exact) mass is 246 g/mol. The zero-order valence-corrected chi connectivity index (χ0v) is 10.6. The molecule has 0 saturated heterocycles. The van der Waals surface area contributed by atoms with Gasteiger partial charge in [0, 0.05) is 38.0 Å². The van der Waals surface area contributed by atoms with Gasteiger partial charge in [0.2, 0.25) is 0 Å². The average Bonchev–Trinajstić information content (AvgIpc) is 3.08. The smallest absolute Gasteiger partial charge is 0.275 e. The fourth-order valence-electron chi connectivity index (χ4n) is 2.34. The van der Waals surface area contributed by atoms with E-state index in [4.69, 9.17) is 4.74 Å². The van der Waals surface area contributed by atoms with Gasteiger partial charge in [0.15, 0.2) is 0 Å². The van der Waals surface area contributed by atoms with Crippen molar-refractivity contribution in [3.05, 3.63) is 34.9 Å². The summed E-state index contributed by atoms with van der Waals surface area (Å²) in [6.07, 6.45) is 6.48. The van der Waals surface area contributed by atoms with Crippen molar-refractivity contribution in [3.63, 3.8) is 0 Å². The van der Waals surface area contributed by atoms with Gasteiger partial charge in [0.1, 0.15) is 5.52 Å². The van der Waals surface area contributed by atoms with Crippen molar-refractivity contribution >= 4 is 10.9 Å². The Morgan fingerprint density at radius 2 is 2.00 bits per heavy atom. The average molecular weight is 246 g/mol. The molecule has 0 bridgehead atoms. The predicted octanol–water partition coefficient (Wildman–Crippen LogP) is 1.86. The van der Waals surface area contributed by atoms with E-state index >= 15 is 0 Å². The normalized spacial score (nSPS) is 15.4. The summed E-state index contributed by atoms with van der Waals surface area (Å²) >= 11 is 0. The Morgan fingerprint density at radius 3 is 2.67 bits per heavy atom. The molecule has 0 radical (unpaired) electrons. The van der Waals surface area contributed by atoms with Crippen LogP contribution in [0.15, 0.2) is 29.3 Å². The van der Waals surface area contributed by atoms with E-state index in [2.05, 4.69) is 4.57 Å². The van der Waals surface area contributed by atoms with Gasteiger partial charge in [-0.05, 0) is 30.9 Å². The number of hydrogen-bond donors (Lipinski definition) is 0. The molecule has 2 aromatic rings. The van der Waals surface area contributed by atoms with E-state index in [9.17, 15) is 4.79 Å². The van der Waals surface area contributed by atoms with Crippen LogP contribution in [-0.2, 0) is 17.8 Å². The highest BCUT2D eigenvalue weighted by molar-refractivity contribution is 5.78. The van der Waals surface area contributed by atoms with Crippen LogP contribution in [0.2, 0.25) is 0 Å². The maximum absolute atomic E-state index is 12.4. The number of hydrogen-bond acceptors (Lipinski definition) is 2. The summed E-state index contributed by atoms with van der Waals surface area (Å²) in [6.45, 7) is 2.15. The van der Waals surface area contributed by atoms with E-state index < -0.39 is 0 Å². The quantitative estimate of drug-likeness (QED) is 0.807. The molecule has 0 amide bonds. The molecule has 1 saturated carbocycles. The molecule has 0 aromatic carbocycles. The molecule has 0 aliphatic heterocycles. The Bertz CT molecular complexity index is 608. The van der Waals surface area contributed by atoms with Gasteiger partial charge < -0.3 is 13.9 Å². The second-order valence-corrected chi connectivity index (χ2v) is 5.02. The van der Waals surface area contributed by atoms with E-state index in [1.807, 2.05) is 24.5 Å². The third kappa shape index (κ3) is 2.08. The fourth-order valence-corrected chi connectivity index (χ4v) is 2.34. The van der Waals surface area contributed by atoms with Crippen molar-refractivity contribution in [2.45, 2.75) is 25.9 Å². The molecule has 1 aliphatic carbocycles. The van der Waals surface area contributed by atoms with Crippen molar-refractivity contribution in [3.8, 4) is 0 Å². The van der Waals surface area contributed by atoms with Gasteiger partial charge in [-0.25, -0.2) is 0 Å². The first kappa shape index (κ1) is 11.5. The minimum Gasteiger partial charge on any atom is -0.383 e. The minimum absolute atomic E-state index is 0.0928. The van der Waals surface area contributed by atoms with Crippen molar-refractivity contribution in [2.24, 2.45) is 5.92 Å². The third-order valence-corrected chi connectivity index (χ3v) is 3.58. The largest absolute Gasteiger partial charge is 0.383 e. The van der Waals surface area contributed by atoms with Gasteiger partial charge in [0.25, 0.3) is 5.56 Å². The summed E-state index contributed by atoms with van der Waals surface area (Å²) in [6, 6.07) is 4.04. The standard InChI is InChI=1S/C14H18N2O2/c1-18-9-8-15-6-4-12-5-7-16(10-11-2-3-11)13(12)14(15)17/h4-7,11H,2-3,8-10H2,1H3. The fraction of sp³-hybridized carbons (Fsp3) is 0.500. The molecule has 2 aromatic heterocycles. The summed E-state index contributed by atoms with van der Waals surface area (Å²) in [5, 5.41) is 1.04. The lowest BCUT2D eigenvalue weighted by Crippen LogP contribution is -2.23. The van der Waals surface area contributed by atoms with Gasteiger partial charge in [0.05, 0.1) is 6.61 Å². The maximum Gasteiger partial charge on any atom is 0.275 e. The summed E-state index contributed by atoms with van der Waals surface area (Å²) in [4.78, 5) is 12.4. The Morgan fingerprint density at radius 1 is 1.28 bits per heavy atom. The molecule has 96 valence electrons. The zero-order chi connectivity index (χ0) is 12.5. The SMILES string of the molecule is COCCn1ccc2ccn(CC3CC3)c2c1=O. The van der Waals surface area contributed by atoms with E-state index in [0.717, 1.165) is 23.4 Å². The second kappa shape index (κ2) is 4.61. The molecule has 0 N–H and O–H groups in total. The highest BCUT2D eigenvalue weighted by Gasteiger charge is 2.22. The van der Waals surface area contributed by atoms with Crippen LogP contribution in [0.5, 0.6) is 0 Å². The van der Waals surface area contributed by atoms with Crippen LogP contribution >= 0.6 is 0 Å². The Balaban J connectivity index is 2.01. The van der Waals surface area contributed by atoms with Gasteiger partial charge >= 0.3 is 0 Å². The Kier molecular flexibility index (Phi) is 2.96. The molecule has 0 unspecified atom stereocenters. The Hall–Kier alpha value is -1.55. The molecule has 1 aliphatic rings. The van der Waals surface area contributed by atoms with Crippen LogP contribution in [0, 0.1) is 5.92 Å². The van der Waals surface area contributed by atoms with Crippen LogP contribution < -0.4 is 5.56 Å². The number of methoxy groups -OCH3 is 1. The number of ether oxygens (including phenoxy) is 1. The van der Waals surface area contributed by atoms with Crippen LogP contribution in [0.25, 0.3) is 10.9 Å². The maximum atomic E-state index is 12.4. The lowest BCUT2D eigenvalue weighted by molar-refractivity contribution is 0.186. The number of aromatic nitrogens is 2. The molecule has 0 spiro atoms. The van der Waals surface area contributed by atoms with E-state index in [-0.39, 0.29) is 5.56 Å². The van der Waals surface area contributed by atoms with Gasteiger partial charge in [-0.15, -0.1) is 0 Å². The second-order valence-electron chi connectivity index (χ2n) is 5.02. The van der Waals surface area contributed by atoms with E-state index in [1.165, 1.54) is 12.8 Å². The van der Waals surface area contributed by atoms with Gasteiger partial charge in [-0.1, -0.05) is 0 Å². The van der Waals surface area contributed by atoms with Gasteiger partial charge in [-0.2, -0.15) is 0 Å². The van der Waals surface area contributed by atoms with E-state index in [1.54, 1.807) is 11.7 Å². The first-order chi connectivity index (χ1) is 8.79. The zero-order valence-electron chi connectivity index (χ0n) is 10.6. The molecule has 1 fully saturated rings. The molecule has 4 nitrogen and oxygen atoms in total. The molecule has 2 heterocycles. The van der Waals surface area contributed by atoms with Crippen molar-refractivity contribution in [1.82, 2.24) is 9.13 Å². The highest BCUT2D eigenvalue weighted by Crippen LogP contribution is 2.31. The number of fused-ring (bicyclic) bond motifs is 1. The molecule has 3 rings (SSSR count). The topological polar surface area (TPSA) is 36.2 Å². The number of rotatable bonds is 5. The lowest BCUT2D eigenvalue weighted by atomic mass is 10.3. The number of pyridine rings is 1. The van der Waals surface area contributed by atoms with Gasteiger partial charge in [-0.3, -0.25) is 4.79 Å². The molecule has 4 heteroatoms. The molecular weight excluding hydrogens is 228 g/mol. The first-order valence-electron chi connectivity index (χ1n) is 6.47.